The molecule has 0 spiro atoms. The van der Waals surface area contributed by atoms with E-state index in [1.807, 2.05) is 42.5 Å². The molecule has 1 amide bonds. The Hall–Kier alpha value is -3.39. The van der Waals surface area contributed by atoms with Crippen LogP contribution in [0.25, 0.3) is 11.5 Å². The topological polar surface area (TPSA) is 89.6 Å². The molecule has 2 heterocycles. The lowest BCUT2D eigenvalue weighted by Crippen LogP contribution is -2.39. The van der Waals surface area contributed by atoms with Crippen LogP contribution in [-0.4, -0.2) is 47.3 Å². The summed E-state index contributed by atoms with van der Waals surface area (Å²) in [6, 6.07) is 17.1. The number of hydrogen-bond donors (Lipinski definition) is 1. The van der Waals surface area contributed by atoms with Gasteiger partial charge < -0.3 is 14.5 Å². The number of carbonyl (C=O) groups excluding carboxylic acids is 1. The number of nitrogens with zero attached hydrogens (tertiary/aromatic N) is 3. The van der Waals surface area contributed by atoms with Crippen LogP contribution < -0.4 is 15.8 Å². The molecule has 1 aliphatic rings. The predicted octanol–water partition coefficient (Wildman–Crippen LogP) is 2.47. The number of likely N-dealkylation sites (tertiary alicyclic amines) is 1. The molecule has 8 heteroatoms. The quantitative estimate of drug-likeness (QED) is 0.600. The fourth-order valence-corrected chi connectivity index (χ4v) is 3.84. The summed E-state index contributed by atoms with van der Waals surface area (Å²) >= 11 is 0. The zero-order valence-corrected chi connectivity index (χ0v) is 17.5. The molecule has 1 N–H and O–H groups in total. The van der Waals surface area contributed by atoms with Crippen molar-refractivity contribution in [2.75, 3.05) is 26.7 Å². The van der Waals surface area contributed by atoms with Gasteiger partial charge in [0, 0.05) is 12.1 Å². The van der Waals surface area contributed by atoms with Crippen LogP contribution >= 0.6 is 0 Å². The maximum Gasteiger partial charge on any atom is 0.437 e. The van der Waals surface area contributed by atoms with E-state index in [1.165, 1.54) is 0 Å². The number of nitrogens with one attached hydrogen (secondary N) is 1. The van der Waals surface area contributed by atoms with E-state index in [0.717, 1.165) is 41.9 Å². The van der Waals surface area contributed by atoms with Gasteiger partial charge in [0.25, 0.3) is 0 Å². The van der Waals surface area contributed by atoms with Crippen LogP contribution in [0.1, 0.15) is 24.4 Å². The molecule has 0 saturated carbocycles. The zero-order chi connectivity index (χ0) is 21.6. The Morgan fingerprint density at radius 3 is 2.52 bits per heavy atom. The normalized spacial score (nSPS) is 15.0. The third-order valence-electron chi connectivity index (χ3n) is 5.49. The molecule has 0 aliphatic carbocycles. The molecule has 8 nitrogen and oxygen atoms in total. The van der Waals surface area contributed by atoms with Crippen molar-refractivity contribution in [2.45, 2.75) is 25.4 Å². The summed E-state index contributed by atoms with van der Waals surface area (Å²) in [5, 5.41) is 7.11. The molecule has 3 aromatic rings. The van der Waals surface area contributed by atoms with Crippen molar-refractivity contribution in [3.05, 3.63) is 70.7 Å². The van der Waals surface area contributed by atoms with Gasteiger partial charge in [0.15, 0.2) is 0 Å². The van der Waals surface area contributed by atoms with Crippen molar-refractivity contribution in [2.24, 2.45) is 0 Å². The molecule has 1 fully saturated rings. The molecule has 1 aromatic heterocycles. The van der Waals surface area contributed by atoms with Crippen molar-refractivity contribution >= 4 is 5.91 Å². The lowest BCUT2D eigenvalue weighted by Gasteiger charge is -2.28. The molecule has 2 aromatic carbocycles. The molecule has 1 aliphatic heterocycles. The predicted molar refractivity (Wildman–Crippen MR) is 116 cm³/mol. The van der Waals surface area contributed by atoms with Gasteiger partial charge in [-0.25, -0.2) is 4.79 Å². The number of ether oxygens (including phenoxy) is 1. The van der Waals surface area contributed by atoms with Crippen molar-refractivity contribution in [3.63, 3.8) is 0 Å². The first-order valence-corrected chi connectivity index (χ1v) is 10.4. The minimum Gasteiger partial charge on any atom is -0.497 e. The summed E-state index contributed by atoms with van der Waals surface area (Å²) in [5.74, 6) is 0.0622. The summed E-state index contributed by atoms with van der Waals surface area (Å²) < 4.78 is 11.5. The second kappa shape index (κ2) is 9.61. The standard InChI is InChI=1S/C23H26N4O4/c1-30-19-11-9-17(10-12-19)20(26-13-5-6-14-26)15-24-21(28)16-27-23(29)31-22(25-27)18-7-3-2-4-8-18/h2-4,7-12,20H,5-6,13-16H2,1H3,(H,24,28)/t20-/m0/s1. The first kappa shape index (κ1) is 20.9. The minimum absolute atomic E-state index is 0.0614. The fourth-order valence-electron chi connectivity index (χ4n) is 3.84. The Morgan fingerprint density at radius 1 is 1.13 bits per heavy atom. The molecular weight excluding hydrogens is 396 g/mol. The Kier molecular flexibility index (Phi) is 6.47. The van der Waals surface area contributed by atoms with E-state index < -0.39 is 5.76 Å². The van der Waals surface area contributed by atoms with E-state index >= 15 is 0 Å². The zero-order valence-electron chi connectivity index (χ0n) is 17.5. The average molecular weight is 422 g/mol. The Bertz CT molecular complexity index is 1050. The van der Waals surface area contributed by atoms with Crippen LogP contribution in [-0.2, 0) is 11.3 Å². The summed E-state index contributed by atoms with van der Waals surface area (Å²) in [7, 11) is 1.64. The lowest BCUT2D eigenvalue weighted by atomic mass is 10.1. The molecule has 1 saturated heterocycles. The highest BCUT2D eigenvalue weighted by molar-refractivity contribution is 5.75. The molecule has 0 radical (unpaired) electrons. The number of rotatable bonds is 8. The first-order chi connectivity index (χ1) is 15.1. The van der Waals surface area contributed by atoms with Crippen LogP contribution in [0.5, 0.6) is 5.75 Å². The molecule has 4 rings (SSSR count). The molecule has 162 valence electrons. The number of hydrogen-bond acceptors (Lipinski definition) is 6. The van der Waals surface area contributed by atoms with Gasteiger partial charge in [-0.1, -0.05) is 30.3 Å². The maximum absolute atomic E-state index is 12.6. The van der Waals surface area contributed by atoms with Gasteiger partial charge >= 0.3 is 5.76 Å². The Balaban J connectivity index is 1.42. The molecule has 1 atom stereocenters. The highest BCUT2D eigenvalue weighted by Crippen LogP contribution is 2.26. The monoisotopic (exact) mass is 422 g/mol. The van der Waals surface area contributed by atoms with E-state index in [-0.39, 0.29) is 24.4 Å². The van der Waals surface area contributed by atoms with Gasteiger partial charge in [-0.2, -0.15) is 4.68 Å². The third-order valence-corrected chi connectivity index (χ3v) is 5.49. The van der Waals surface area contributed by atoms with Gasteiger partial charge in [-0.3, -0.25) is 9.69 Å². The van der Waals surface area contributed by atoms with E-state index in [2.05, 4.69) is 15.3 Å². The minimum atomic E-state index is -0.653. The molecule has 31 heavy (non-hydrogen) atoms. The van der Waals surface area contributed by atoms with Gasteiger partial charge in [-0.15, -0.1) is 5.10 Å². The Morgan fingerprint density at radius 2 is 1.84 bits per heavy atom. The van der Waals surface area contributed by atoms with Gasteiger partial charge in [-0.05, 0) is 55.8 Å². The van der Waals surface area contributed by atoms with Crippen LogP contribution in [0.15, 0.2) is 63.8 Å². The van der Waals surface area contributed by atoms with E-state index in [0.29, 0.717) is 12.1 Å². The second-order valence-electron chi connectivity index (χ2n) is 7.53. The van der Waals surface area contributed by atoms with Gasteiger partial charge in [0.2, 0.25) is 11.8 Å². The van der Waals surface area contributed by atoms with Crippen LogP contribution in [0.4, 0.5) is 0 Å². The average Bonchev–Trinajstić information content (AvgIpc) is 3.45. The number of carbonyl (C=O) groups is 1. The Labute approximate surface area is 180 Å². The van der Waals surface area contributed by atoms with E-state index in [9.17, 15) is 9.59 Å². The summed E-state index contributed by atoms with van der Waals surface area (Å²) in [6.45, 7) is 2.25. The van der Waals surface area contributed by atoms with Crippen molar-refractivity contribution < 1.29 is 13.9 Å². The summed E-state index contributed by atoms with van der Waals surface area (Å²) in [4.78, 5) is 27.1. The van der Waals surface area contributed by atoms with Crippen molar-refractivity contribution in [1.82, 2.24) is 20.0 Å². The fraction of sp³-hybridized carbons (Fsp3) is 0.348. The van der Waals surface area contributed by atoms with Crippen molar-refractivity contribution in [3.8, 4) is 17.2 Å². The smallest absolute Gasteiger partial charge is 0.437 e. The number of methoxy groups -OCH3 is 1. The van der Waals surface area contributed by atoms with Crippen LogP contribution in [0.2, 0.25) is 0 Å². The number of aromatic nitrogens is 2. The lowest BCUT2D eigenvalue weighted by molar-refractivity contribution is -0.122. The van der Waals surface area contributed by atoms with Gasteiger partial charge in [0.05, 0.1) is 13.2 Å². The third kappa shape index (κ3) is 5.03. The summed E-state index contributed by atoms with van der Waals surface area (Å²) in [6.07, 6.45) is 2.30. The van der Waals surface area contributed by atoms with Crippen molar-refractivity contribution in [1.29, 1.82) is 0 Å². The van der Waals surface area contributed by atoms with E-state index in [1.54, 1.807) is 19.2 Å². The number of amides is 1. The highest BCUT2D eigenvalue weighted by atomic mass is 16.5. The maximum atomic E-state index is 12.6. The molecular formula is C23H26N4O4. The number of benzene rings is 2. The van der Waals surface area contributed by atoms with E-state index in [4.69, 9.17) is 9.15 Å². The molecule has 0 unspecified atom stereocenters. The first-order valence-electron chi connectivity index (χ1n) is 10.4. The second-order valence-corrected chi connectivity index (χ2v) is 7.53. The highest BCUT2D eigenvalue weighted by Gasteiger charge is 2.24. The SMILES string of the molecule is COc1ccc([C@H](CNC(=O)Cn2nc(-c3ccccc3)oc2=O)N2CCCC2)cc1. The summed E-state index contributed by atoms with van der Waals surface area (Å²) in [5.41, 5.74) is 1.81. The van der Waals surface area contributed by atoms with Gasteiger partial charge in [0.1, 0.15) is 12.3 Å². The van der Waals surface area contributed by atoms with Crippen LogP contribution in [0.3, 0.4) is 0 Å². The molecule has 0 bridgehead atoms. The van der Waals surface area contributed by atoms with Crippen LogP contribution in [0, 0.1) is 0 Å². The largest absolute Gasteiger partial charge is 0.497 e.